The van der Waals surface area contributed by atoms with Crippen molar-refractivity contribution in [1.82, 2.24) is 0 Å². The molecule has 0 saturated heterocycles. The molecule has 0 aliphatic carbocycles. The van der Waals surface area contributed by atoms with Gasteiger partial charge in [0.25, 0.3) is 5.91 Å². The van der Waals surface area contributed by atoms with Crippen LogP contribution in [0.2, 0.25) is 5.02 Å². The Balaban J connectivity index is 1.71. The first kappa shape index (κ1) is 18.6. The van der Waals surface area contributed by atoms with E-state index in [1.807, 2.05) is 42.5 Å². The van der Waals surface area contributed by atoms with Gasteiger partial charge < -0.3 is 14.8 Å². The predicted molar refractivity (Wildman–Crippen MR) is 105 cm³/mol. The van der Waals surface area contributed by atoms with Gasteiger partial charge in [-0.25, -0.2) is 0 Å². The molecule has 1 N–H and O–H groups in total. The second-order valence-corrected chi connectivity index (χ2v) is 6.34. The van der Waals surface area contributed by atoms with E-state index in [-0.39, 0.29) is 10.9 Å². The van der Waals surface area contributed by atoms with Crippen molar-refractivity contribution in [3.63, 3.8) is 0 Å². The summed E-state index contributed by atoms with van der Waals surface area (Å²) in [5, 5.41) is 13.9. The maximum atomic E-state index is 12.4. The Morgan fingerprint density at radius 2 is 1.78 bits per heavy atom. The Morgan fingerprint density at radius 1 is 1.07 bits per heavy atom. The van der Waals surface area contributed by atoms with Crippen LogP contribution in [0.15, 0.2) is 54.6 Å². The molecule has 0 saturated carbocycles. The molecule has 0 aliphatic rings. The van der Waals surface area contributed by atoms with Gasteiger partial charge in [-0.15, -0.1) is 0 Å². The van der Waals surface area contributed by atoms with E-state index in [0.717, 1.165) is 16.5 Å². The summed E-state index contributed by atoms with van der Waals surface area (Å²) >= 11 is 5.99. The second kappa shape index (κ2) is 7.98. The second-order valence-electron chi connectivity index (χ2n) is 5.93. The lowest BCUT2D eigenvalue weighted by molar-refractivity contribution is -0.122. The van der Waals surface area contributed by atoms with Crippen LogP contribution in [0.4, 0.5) is 5.69 Å². The van der Waals surface area contributed by atoms with E-state index < -0.39 is 6.10 Å². The summed E-state index contributed by atoms with van der Waals surface area (Å²) in [5.74, 6) is 1.01. The van der Waals surface area contributed by atoms with Crippen molar-refractivity contribution in [2.75, 3.05) is 12.4 Å². The van der Waals surface area contributed by atoms with Gasteiger partial charge in [-0.3, -0.25) is 4.79 Å². The Morgan fingerprint density at radius 3 is 2.44 bits per heavy atom. The van der Waals surface area contributed by atoms with Gasteiger partial charge in [0.15, 0.2) is 6.10 Å². The maximum Gasteiger partial charge on any atom is 0.265 e. The van der Waals surface area contributed by atoms with Crippen molar-refractivity contribution < 1.29 is 14.3 Å². The van der Waals surface area contributed by atoms with Crippen molar-refractivity contribution in [3.8, 4) is 17.6 Å². The van der Waals surface area contributed by atoms with Gasteiger partial charge >= 0.3 is 0 Å². The van der Waals surface area contributed by atoms with Crippen LogP contribution in [0, 0.1) is 11.3 Å². The van der Waals surface area contributed by atoms with E-state index in [4.69, 9.17) is 26.3 Å². The molecule has 0 bridgehead atoms. The number of halogens is 1. The number of carbonyl (C=O) groups excluding carboxylic acids is 1. The molecule has 27 heavy (non-hydrogen) atoms. The Bertz CT molecular complexity index is 1040. The average Bonchev–Trinajstić information content (AvgIpc) is 2.67. The molecule has 0 aromatic heterocycles. The molecular formula is C21H17ClN2O3. The highest BCUT2D eigenvalue weighted by Gasteiger charge is 2.16. The predicted octanol–water partition coefficient (Wildman–Crippen LogP) is 4.78. The van der Waals surface area contributed by atoms with Crippen molar-refractivity contribution >= 4 is 34.0 Å². The van der Waals surface area contributed by atoms with Crippen molar-refractivity contribution in [1.29, 1.82) is 5.26 Å². The van der Waals surface area contributed by atoms with Crippen molar-refractivity contribution in [3.05, 3.63) is 65.2 Å². The largest absolute Gasteiger partial charge is 0.497 e. The molecule has 0 spiro atoms. The van der Waals surface area contributed by atoms with Gasteiger partial charge in [0.2, 0.25) is 0 Å². The first-order valence-electron chi connectivity index (χ1n) is 8.25. The number of anilines is 1. The SMILES string of the molecule is COc1ccc2ccc(O[C@H](C)C(=O)Nc3ccc(C#N)c(Cl)c3)cc2c1. The topological polar surface area (TPSA) is 71.3 Å². The molecule has 6 heteroatoms. The van der Waals surface area contributed by atoms with E-state index in [1.165, 1.54) is 6.07 Å². The minimum atomic E-state index is -0.720. The van der Waals surface area contributed by atoms with Gasteiger partial charge in [0, 0.05) is 5.69 Å². The number of benzene rings is 3. The number of methoxy groups -OCH3 is 1. The zero-order valence-corrected chi connectivity index (χ0v) is 15.6. The number of amides is 1. The molecule has 0 heterocycles. The number of fused-ring (bicyclic) bond motifs is 1. The number of hydrogen-bond acceptors (Lipinski definition) is 4. The van der Waals surface area contributed by atoms with E-state index in [1.54, 1.807) is 26.2 Å². The minimum Gasteiger partial charge on any atom is -0.497 e. The van der Waals surface area contributed by atoms with E-state index >= 15 is 0 Å². The quantitative estimate of drug-likeness (QED) is 0.691. The lowest BCUT2D eigenvalue weighted by atomic mass is 10.1. The third kappa shape index (κ3) is 4.30. The van der Waals surface area contributed by atoms with Crippen LogP contribution in [0.1, 0.15) is 12.5 Å². The first-order chi connectivity index (χ1) is 13.0. The highest BCUT2D eigenvalue weighted by Crippen LogP contribution is 2.26. The standard InChI is InChI=1S/C21H17ClN2O3/c1-13(21(25)24-17-6-3-15(12-23)20(22)11-17)27-19-8-5-14-4-7-18(26-2)9-16(14)10-19/h3-11,13H,1-2H3,(H,24,25)/t13-/m1/s1. The van der Waals surface area contributed by atoms with Crippen LogP contribution >= 0.6 is 11.6 Å². The van der Waals surface area contributed by atoms with Crippen LogP contribution in [0.5, 0.6) is 11.5 Å². The summed E-state index contributed by atoms with van der Waals surface area (Å²) in [4.78, 5) is 12.4. The molecule has 5 nitrogen and oxygen atoms in total. The number of rotatable bonds is 5. The van der Waals surface area contributed by atoms with Gasteiger partial charge in [0.1, 0.15) is 17.6 Å². The Kier molecular flexibility index (Phi) is 5.49. The smallest absolute Gasteiger partial charge is 0.265 e. The zero-order valence-electron chi connectivity index (χ0n) is 14.8. The van der Waals surface area contributed by atoms with Crippen LogP contribution in [-0.2, 0) is 4.79 Å². The van der Waals surface area contributed by atoms with Gasteiger partial charge in [-0.05, 0) is 60.2 Å². The molecule has 0 aliphatic heterocycles. The molecule has 1 atom stereocenters. The molecule has 3 rings (SSSR count). The monoisotopic (exact) mass is 380 g/mol. The summed E-state index contributed by atoms with van der Waals surface area (Å²) in [5.41, 5.74) is 0.855. The number of hydrogen-bond donors (Lipinski definition) is 1. The molecule has 1 amide bonds. The maximum absolute atomic E-state index is 12.4. The fourth-order valence-corrected chi connectivity index (χ4v) is 2.81. The molecule has 0 fully saturated rings. The summed E-state index contributed by atoms with van der Waals surface area (Å²) < 4.78 is 11.0. The molecule has 0 radical (unpaired) electrons. The van der Waals surface area contributed by atoms with Gasteiger partial charge in [0.05, 0.1) is 17.7 Å². The van der Waals surface area contributed by atoms with Crippen molar-refractivity contribution in [2.24, 2.45) is 0 Å². The van der Waals surface area contributed by atoms with Crippen LogP contribution < -0.4 is 14.8 Å². The fraction of sp³-hybridized carbons (Fsp3) is 0.143. The van der Waals surface area contributed by atoms with E-state index in [9.17, 15) is 4.79 Å². The minimum absolute atomic E-state index is 0.285. The third-order valence-corrected chi connectivity index (χ3v) is 4.37. The lowest BCUT2D eigenvalue weighted by Gasteiger charge is -2.15. The fourth-order valence-electron chi connectivity index (χ4n) is 2.59. The van der Waals surface area contributed by atoms with Gasteiger partial charge in [-0.2, -0.15) is 5.26 Å². The first-order valence-corrected chi connectivity index (χ1v) is 8.63. The molecular weight excluding hydrogens is 364 g/mol. The number of ether oxygens (including phenoxy) is 2. The summed E-state index contributed by atoms with van der Waals surface area (Å²) in [6.45, 7) is 1.66. The molecule has 3 aromatic rings. The number of nitrogens with zero attached hydrogens (tertiary/aromatic N) is 1. The zero-order chi connectivity index (χ0) is 19.4. The average molecular weight is 381 g/mol. The van der Waals surface area contributed by atoms with Crippen molar-refractivity contribution in [2.45, 2.75) is 13.0 Å². The molecule has 136 valence electrons. The molecule has 3 aromatic carbocycles. The van der Waals surface area contributed by atoms with Crippen LogP contribution in [0.25, 0.3) is 10.8 Å². The highest BCUT2D eigenvalue weighted by molar-refractivity contribution is 6.32. The van der Waals surface area contributed by atoms with Crippen LogP contribution in [-0.4, -0.2) is 19.1 Å². The molecule has 0 unspecified atom stereocenters. The highest BCUT2D eigenvalue weighted by atomic mass is 35.5. The van der Waals surface area contributed by atoms with E-state index in [2.05, 4.69) is 5.32 Å². The Labute approximate surface area is 162 Å². The number of nitriles is 1. The van der Waals surface area contributed by atoms with Gasteiger partial charge in [-0.1, -0.05) is 23.7 Å². The summed E-state index contributed by atoms with van der Waals surface area (Å²) in [7, 11) is 1.61. The number of carbonyl (C=O) groups is 1. The number of nitrogens with one attached hydrogen (secondary N) is 1. The van der Waals surface area contributed by atoms with Crippen LogP contribution in [0.3, 0.4) is 0 Å². The van der Waals surface area contributed by atoms with E-state index in [0.29, 0.717) is 17.0 Å². The Hall–Kier alpha value is -3.23. The normalized spacial score (nSPS) is 11.5. The lowest BCUT2D eigenvalue weighted by Crippen LogP contribution is -2.30. The summed E-state index contributed by atoms with van der Waals surface area (Å²) in [6, 6.07) is 18.1. The third-order valence-electron chi connectivity index (χ3n) is 4.06. The summed E-state index contributed by atoms with van der Waals surface area (Å²) in [6.07, 6.45) is -0.720.